The molecule has 0 saturated heterocycles. The predicted octanol–water partition coefficient (Wildman–Crippen LogP) is 3.77. The highest BCUT2D eigenvalue weighted by molar-refractivity contribution is 6.31. The predicted molar refractivity (Wildman–Crippen MR) is 75.4 cm³/mol. The van der Waals surface area contributed by atoms with Crippen LogP contribution in [-0.4, -0.2) is 13.0 Å². The number of rotatable bonds is 3. The third-order valence-corrected chi connectivity index (χ3v) is 2.81. The largest absolute Gasteiger partial charge is 0.387 e. The van der Waals surface area contributed by atoms with Gasteiger partial charge in [0, 0.05) is 23.4 Å². The van der Waals surface area contributed by atoms with Crippen LogP contribution in [0, 0.1) is 5.82 Å². The van der Waals surface area contributed by atoms with Crippen LogP contribution < -0.4 is 10.6 Å². The van der Waals surface area contributed by atoms with Crippen LogP contribution >= 0.6 is 11.6 Å². The van der Waals surface area contributed by atoms with Gasteiger partial charge >= 0.3 is 0 Å². The van der Waals surface area contributed by atoms with Gasteiger partial charge in [-0.15, -0.1) is 0 Å². The van der Waals surface area contributed by atoms with Crippen molar-refractivity contribution < 1.29 is 9.18 Å². The zero-order chi connectivity index (χ0) is 13.8. The Bertz CT molecular complexity index is 616. The first-order valence-corrected chi connectivity index (χ1v) is 6.02. The van der Waals surface area contributed by atoms with Crippen molar-refractivity contribution in [1.29, 1.82) is 0 Å². The molecule has 0 aromatic heterocycles. The average Bonchev–Trinajstić information content (AvgIpc) is 2.38. The molecule has 98 valence electrons. The summed E-state index contributed by atoms with van der Waals surface area (Å²) in [5.74, 6) is -0.754. The molecule has 3 nitrogen and oxygen atoms in total. The Labute approximate surface area is 115 Å². The van der Waals surface area contributed by atoms with E-state index in [1.165, 1.54) is 18.2 Å². The third-order valence-electron chi connectivity index (χ3n) is 2.58. The van der Waals surface area contributed by atoms with Crippen molar-refractivity contribution in [3.63, 3.8) is 0 Å². The molecule has 1 amide bonds. The second-order valence-electron chi connectivity index (χ2n) is 3.90. The molecule has 2 aromatic rings. The lowest BCUT2D eigenvalue weighted by Gasteiger charge is -2.10. The van der Waals surface area contributed by atoms with Crippen LogP contribution in [-0.2, 0) is 0 Å². The summed E-state index contributed by atoms with van der Waals surface area (Å²) < 4.78 is 13.0. The Morgan fingerprint density at radius 2 is 2.00 bits per heavy atom. The van der Waals surface area contributed by atoms with Crippen LogP contribution in [0.4, 0.5) is 15.8 Å². The highest BCUT2D eigenvalue weighted by Crippen LogP contribution is 2.21. The fourth-order valence-electron chi connectivity index (χ4n) is 1.69. The van der Waals surface area contributed by atoms with Crippen molar-refractivity contribution in [3.8, 4) is 0 Å². The number of carbonyl (C=O) groups is 1. The maximum atomic E-state index is 13.0. The van der Waals surface area contributed by atoms with Crippen molar-refractivity contribution in [3.05, 3.63) is 58.9 Å². The number of benzene rings is 2. The molecular formula is C14H12ClFN2O. The molecule has 0 aliphatic rings. The van der Waals surface area contributed by atoms with E-state index < -0.39 is 5.82 Å². The van der Waals surface area contributed by atoms with Crippen molar-refractivity contribution in [2.45, 2.75) is 0 Å². The first kappa shape index (κ1) is 13.4. The van der Waals surface area contributed by atoms with E-state index in [4.69, 9.17) is 11.6 Å². The second kappa shape index (κ2) is 5.71. The lowest BCUT2D eigenvalue weighted by molar-refractivity contribution is 0.102. The topological polar surface area (TPSA) is 41.1 Å². The summed E-state index contributed by atoms with van der Waals surface area (Å²) in [6.07, 6.45) is 0. The first-order chi connectivity index (χ1) is 9.10. The molecule has 0 bridgehead atoms. The molecular weight excluding hydrogens is 267 g/mol. The SMILES string of the molecule is CNc1ccc(Cl)cc1C(=O)Nc1cccc(F)c1. The molecule has 19 heavy (non-hydrogen) atoms. The van der Waals surface area contributed by atoms with Gasteiger partial charge in [0.15, 0.2) is 0 Å². The molecule has 2 N–H and O–H groups in total. The van der Waals surface area contributed by atoms with Crippen molar-refractivity contribution in [2.75, 3.05) is 17.7 Å². The summed E-state index contributed by atoms with van der Waals surface area (Å²) in [5, 5.41) is 5.99. The number of anilines is 2. The maximum absolute atomic E-state index is 13.0. The molecule has 0 heterocycles. The number of carbonyl (C=O) groups excluding carboxylic acids is 1. The monoisotopic (exact) mass is 278 g/mol. The number of hydrogen-bond acceptors (Lipinski definition) is 2. The highest BCUT2D eigenvalue weighted by Gasteiger charge is 2.12. The molecule has 5 heteroatoms. The van der Waals surface area contributed by atoms with Gasteiger partial charge < -0.3 is 10.6 Å². The standard InChI is InChI=1S/C14H12ClFN2O/c1-17-13-6-5-9(15)7-12(13)14(19)18-11-4-2-3-10(16)8-11/h2-8,17H,1H3,(H,18,19). The number of nitrogens with one attached hydrogen (secondary N) is 2. The van der Waals surface area contributed by atoms with Gasteiger partial charge in [-0.2, -0.15) is 0 Å². The van der Waals surface area contributed by atoms with Crippen LogP contribution in [0.15, 0.2) is 42.5 Å². The summed E-state index contributed by atoms with van der Waals surface area (Å²) in [6, 6.07) is 10.7. The molecule has 0 atom stereocenters. The minimum atomic E-state index is -0.405. The van der Waals surface area contributed by atoms with Gasteiger partial charge in [-0.3, -0.25) is 4.79 Å². The molecule has 2 rings (SSSR count). The van der Waals surface area contributed by atoms with Gasteiger partial charge in [-0.1, -0.05) is 17.7 Å². The Morgan fingerprint density at radius 3 is 2.68 bits per heavy atom. The maximum Gasteiger partial charge on any atom is 0.257 e. The van der Waals surface area contributed by atoms with E-state index in [1.54, 1.807) is 31.3 Å². The second-order valence-corrected chi connectivity index (χ2v) is 4.34. The van der Waals surface area contributed by atoms with Crippen molar-refractivity contribution in [1.82, 2.24) is 0 Å². The highest BCUT2D eigenvalue weighted by atomic mass is 35.5. The molecule has 0 saturated carbocycles. The third kappa shape index (κ3) is 3.23. The molecule has 2 aromatic carbocycles. The average molecular weight is 279 g/mol. The fourth-order valence-corrected chi connectivity index (χ4v) is 1.86. The Hall–Kier alpha value is -2.07. The van der Waals surface area contributed by atoms with E-state index >= 15 is 0 Å². The van der Waals surface area contributed by atoms with Crippen molar-refractivity contribution >= 4 is 28.9 Å². The summed E-state index contributed by atoms with van der Waals surface area (Å²) in [5.41, 5.74) is 1.45. The molecule has 0 radical (unpaired) electrons. The Kier molecular flexibility index (Phi) is 4.02. The molecule has 0 fully saturated rings. The van der Waals surface area contributed by atoms with E-state index in [1.807, 2.05) is 0 Å². The fraction of sp³-hybridized carbons (Fsp3) is 0.0714. The normalized spacial score (nSPS) is 10.1. The molecule has 0 aliphatic heterocycles. The van der Waals surface area contributed by atoms with Crippen LogP contribution in [0.3, 0.4) is 0 Å². The minimum Gasteiger partial charge on any atom is -0.387 e. The van der Waals surface area contributed by atoms with Gasteiger partial charge in [0.05, 0.1) is 5.56 Å². The van der Waals surface area contributed by atoms with Crippen molar-refractivity contribution in [2.24, 2.45) is 0 Å². The summed E-state index contributed by atoms with van der Waals surface area (Å²) in [4.78, 5) is 12.1. The Balaban J connectivity index is 2.27. The van der Waals surface area contributed by atoms with Crippen LogP contribution in [0.1, 0.15) is 10.4 Å². The quantitative estimate of drug-likeness (QED) is 0.897. The number of halogens is 2. The van der Waals surface area contributed by atoms with Crippen LogP contribution in [0.5, 0.6) is 0 Å². The van der Waals surface area contributed by atoms with Crippen LogP contribution in [0.2, 0.25) is 5.02 Å². The molecule has 0 spiro atoms. The van der Waals surface area contributed by atoms with E-state index in [-0.39, 0.29) is 5.91 Å². The Morgan fingerprint density at radius 1 is 1.21 bits per heavy atom. The van der Waals surface area contributed by atoms with E-state index in [2.05, 4.69) is 10.6 Å². The first-order valence-electron chi connectivity index (χ1n) is 5.64. The minimum absolute atomic E-state index is 0.350. The van der Waals surface area contributed by atoms with Gasteiger partial charge in [0.25, 0.3) is 5.91 Å². The van der Waals surface area contributed by atoms with Crippen LogP contribution in [0.25, 0.3) is 0 Å². The van der Waals surface area contributed by atoms with E-state index in [9.17, 15) is 9.18 Å². The van der Waals surface area contributed by atoms with E-state index in [0.717, 1.165) is 0 Å². The zero-order valence-corrected chi connectivity index (χ0v) is 11.0. The molecule has 0 aliphatic carbocycles. The number of amides is 1. The van der Waals surface area contributed by atoms with Gasteiger partial charge in [-0.05, 0) is 36.4 Å². The summed E-state index contributed by atoms with van der Waals surface area (Å²) >= 11 is 5.88. The summed E-state index contributed by atoms with van der Waals surface area (Å²) in [7, 11) is 1.71. The van der Waals surface area contributed by atoms with Gasteiger partial charge in [0.1, 0.15) is 5.82 Å². The van der Waals surface area contributed by atoms with Gasteiger partial charge in [0.2, 0.25) is 0 Å². The smallest absolute Gasteiger partial charge is 0.257 e. The number of hydrogen-bond donors (Lipinski definition) is 2. The lowest BCUT2D eigenvalue weighted by Crippen LogP contribution is -2.14. The zero-order valence-electron chi connectivity index (χ0n) is 10.2. The summed E-state index contributed by atoms with van der Waals surface area (Å²) in [6.45, 7) is 0. The van der Waals surface area contributed by atoms with Gasteiger partial charge in [-0.25, -0.2) is 4.39 Å². The lowest BCUT2D eigenvalue weighted by atomic mass is 10.1. The van der Waals surface area contributed by atoms with E-state index in [0.29, 0.717) is 22.0 Å². The molecule has 0 unspecified atom stereocenters.